The molecule has 4 nitrogen and oxygen atoms in total. The van der Waals surface area contributed by atoms with Gasteiger partial charge in [-0.2, -0.15) is 0 Å². The van der Waals surface area contributed by atoms with Crippen molar-refractivity contribution in [2.75, 3.05) is 13.7 Å². The molecule has 1 aromatic heterocycles. The fraction of sp³-hybridized carbons (Fsp3) is 0.200. The van der Waals surface area contributed by atoms with Crippen LogP contribution in [0.1, 0.15) is 12.5 Å². The lowest BCUT2D eigenvalue weighted by atomic mass is 10.1. The first kappa shape index (κ1) is 13.1. The standard InChI is InChI=1S/C15H15NO3/c1-3-19-15(17)9-6-12-11-5-4-10-16-13(11)7-8-14(12)18-2/h4-10H,3H2,1-2H3/b9-6+. The van der Waals surface area contributed by atoms with Crippen LogP contribution in [0.5, 0.6) is 5.75 Å². The monoisotopic (exact) mass is 257 g/mol. The smallest absolute Gasteiger partial charge is 0.330 e. The van der Waals surface area contributed by atoms with Gasteiger partial charge in [0.1, 0.15) is 5.75 Å². The quantitative estimate of drug-likeness (QED) is 0.624. The fourth-order valence-electron chi connectivity index (χ4n) is 1.85. The number of hydrogen-bond donors (Lipinski definition) is 0. The first-order chi connectivity index (χ1) is 9.26. The van der Waals surface area contributed by atoms with Gasteiger partial charge < -0.3 is 9.47 Å². The van der Waals surface area contributed by atoms with Crippen molar-refractivity contribution in [3.8, 4) is 5.75 Å². The van der Waals surface area contributed by atoms with Crippen molar-refractivity contribution < 1.29 is 14.3 Å². The molecule has 0 saturated heterocycles. The number of benzene rings is 1. The Morgan fingerprint density at radius 2 is 2.21 bits per heavy atom. The molecule has 4 heteroatoms. The van der Waals surface area contributed by atoms with Crippen molar-refractivity contribution >= 4 is 22.9 Å². The Morgan fingerprint density at radius 3 is 2.95 bits per heavy atom. The van der Waals surface area contributed by atoms with E-state index in [-0.39, 0.29) is 5.97 Å². The molecule has 0 unspecified atom stereocenters. The minimum absolute atomic E-state index is 0.359. The summed E-state index contributed by atoms with van der Waals surface area (Å²) in [6.45, 7) is 2.13. The van der Waals surface area contributed by atoms with E-state index in [1.807, 2.05) is 24.3 Å². The number of esters is 1. The number of carbonyl (C=O) groups is 1. The van der Waals surface area contributed by atoms with Gasteiger partial charge in [0.05, 0.1) is 19.2 Å². The summed E-state index contributed by atoms with van der Waals surface area (Å²) >= 11 is 0. The molecule has 0 fully saturated rings. The first-order valence-electron chi connectivity index (χ1n) is 6.02. The largest absolute Gasteiger partial charge is 0.496 e. The average Bonchev–Trinajstić information content (AvgIpc) is 2.44. The Morgan fingerprint density at radius 1 is 1.37 bits per heavy atom. The first-order valence-corrected chi connectivity index (χ1v) is 6.02. The van der Waals surface area contributed by atoms with Crippen LogP contribution in [0.2, 0.25) is 0 Å². The lowest BCUT2D eigenvalue weighted by molar-refractivity contribution is -0.137. The number of methoxy groups -OCH3 is 1. The highest BCUT2D eigenvalue weighted by molar-refractivity contribution is 5.95. The predicted molar refractivity (Wildman–Crippen MR) is 74.0 cm³/mol. The van der Waals surface area contributed by atoms with Crippen LogP contribution in [-0.2, 0) is 9.53 Å². The summed E-state index contributed by atoms with van der Waals surface area (Å²) in [4.78, 5) is 15.7. The Labute approximate surface area is 111 Å². The van der Waals surface area contributed by atoms with Crippen molar-refractivity contribution in [2.24, 2.45) is 0 Å². The van der Waals surface area contributed by atoms with Crippen molar-refractivity contribution in [1.82, 2.24) is 4.98 Å². The normalized spacial score (nSPS) is 10.8. The molecule has 1 aromatic carbocycles. The van der Waals surface area contributed by atoms with Gasteiger partial charge >= 0.3 is 5.97 Å². The van der Waals surface area contributed by atoms with Crippen molar-refractivity contribution in [3.05, 3.63) is 42.1 Å². The summed E-state index contributed by atoms with van der Waals surface area (Å²) in [5.41, 5.74) is 1.67. The molecule has 0 aliphatic carbocycles. The predicted octanol–water partition coefficient (Wildman–Crippen LogP) is 2.82. The van der Waals surface area contributed by atoms with Crippen LogP contribution in [-0.4, -0.2) is 24.7 Å². The third kappa shape index (κ3) is 2.91. The zero-order valence-corrected chi connectivity index (χ0v) is 10.9. The van der Waals surface area contributed by atoms with Crippen LogP contribution in [0.25, 0.3) is 17.0 Å². The number of pyridine rings is 1. The third-order valence-electron chi connectivity index (χ3n) is 2.68. The van der Waals surface area contributed by atoms with Crippen molar-refractivity contribution in [1.29, 1.82) is 0 Å². The summed E-state index contributed by atoms with van der Waals surface area (Å²) in [7, 11) is 1.60. The number of hydrogen-bond acceptors (Lipinski definition) is 4. The molecule has 0 amide bonds. The molecule has 0 atom stereocenters. The maximum atomic E-state index is 11.4. The van der Waals surface area contributed by atoms with Gasteiger partial charge in [0, 0.05) is 23.2 Å². The molecule has 0 saturated carbocycles. The van der Waals surface area contributed by atoms with E-state index in [1.54, 1.807) is 26.3 Å². The maximum Gasteiger partial charge on any atom is 0.330 e. The van der Waals surface area contributed by atoms with Crippen LogP contribution in [0, 0.1) is 0 Å². The molecule has 0 N–H and O–H groups in total. The van der Waals surface area contributed by atoms with Gasteiger partial charge in [-0.3, -0.25) is 4.98 Å². The second kappa shape index (κ2) is 6.00. The Balaban J connectivity index is 2.47. The number of carbonyl (C=O) groups excluding carboxylic acids is 1. The average molecular weight is 257 g/mol. The van der Waals surface area contributed by atoms with Crippen LogP contribution in [0.3, 0.4) is 0 Å². The van der Waals surface area contributed by atoms with E-state index in [2.05, 4.69) is 4.98 Å². The highest BCUT2D eigenvalue weighted by atomic mass is 16.5. The molecule has 98 valence electrons. The Kier molecular flexibility index (Phi) is 4.13. The lowest BCUT2D eigenvalue weighted by Crippen LogP contribution is -1.99. The van der Waals surface area contributed by atoms with E-state index in [1.165, 1.54) is 6.08 Å². The van der Waals surface area contributed by atoms with E-state index < -0.39 is 0 Å². The van der Waals surface area contributed by atoms with E-state index >= 15 is 0 Å². The van der Waals surface area contributed by atoms with E-state index in [4.69, 9.17) is 9.47 Å². The molecule has 19 heavy (non-hydrogen) atoms. The molecule has 2 aromatic rings. The van der Waals surface area contributed by atoms with Gasteiger partial charge in [-0.15, -0.1) is 0 Å². The zero-order valence-electron chi connectivity index (χ0n) is 10.9. The van der Waals surface area contributed by atoms with Gasteiger partial charge in [0.15, 0.2) is 0 Å². The number of nitrogens with zero attached hydrogens (tertiary/aromatic N) is 1. The van der Waals surface area contributed by atoms with Gasteiger partial charge in [0.25, 0.3) is 0 Å². The second-order valence-electron chi connectivity index (χ2n) is 3.84. The van der Waals surface area contributed by atoms with Gasteiger partial charge in [-0.05, 0) is 31.2 Å². The van der Waals surface area contributed by atoms with Gasteiger partial charge in [-0.25, -0.2) is 4.79 Å². The number of aromatic nitrogens is 1. The molecule has 0 radical (unpaired) electrons. The Hall–Kier alpha value is -2.36. The molecule has 0 aliphatic heterocycles. The molecular weight excluding hydrogens is 242 g/mol. The lowest BCUT2D eigenvalue weighted by Gasteiger charge is -2.08. The van der Waals surface area contributed by atoms with E-state index in [0.717, 1.165) is 16.5 Å². The van der Waals surface area contributed by atoms with Crippen molar-refractivity contribution in [3.63, 3.8) is 0 Å². The summed E-state index contributed by atoms with van der Waals surface area (Å²) in [6.07, 6.45) is 4.82. The van der Waals surface area contributed by atoms with Crippen LogP contribution >= 0.6 is 0 Å². The summed E-state index contributed by atoms with van der Waals surface area (Å²) in [6, 6.07) is 7.51. The van der Waals surface area contributed by atoms with Crippen LogP contribution in [0.15, 0.2) is 36.5 Å². The zero-order chi connectivity index (χ0) is 13.7. The summed E-state index contributed by atoms with van der Waals surface area (Å²) in [5, 5.41) is 0.933. The summed E-state index contributed by atoms with van der Waals surface area (Å²) in [5.74, 6) is 0.325. The molecule has 0 spiro atoms. The van der Waals surface area contributed by atoms with Crippen LogP contribution < -0.4 is 4.74 Å². The minimum atomic E-state index is -0.370. The van der Waals surface area contributed by atoms with Gasteiger partial charge in [0.2, 0.25) is 0 Å². The minimum Gasteiger partial charge on any atom is -0.496 e. The van der Waals surface area contributed by atoms with Crippen LogP contribution in [0.4, 0.5) is 0 Å². The Bertz CT molecular complexity index is 620. The maximum absolute atomic E-state index is 11.4. The van der Waals surface area contributed by atoms with Gasteiger partial charge in [-0.1, -0.05) is 6.07 Å². The van der Waals surface area contributed by atoms with E-state index in [9.17, 15) is 4.79 Å². The highest BCUT2D eigenvalue weighted by Crippen LogP contribution is 2.27. The number of fused-ring (bicyclic) bond motifs is 1. The molecule has 0 bridgehead atoms. The molecule has 1 heterocycles. The fourth-order valence-corrected chi connectivity index (χ4v) is 1.85. The summed E-state index contributed by atoms with van der Waals surface area (Å²) < 4.78 is 10.2. The molecule has 0 aliphatic rings. The molecule has 2 rings (SSSR count). The van der Waals surface area contributed by atoms with E-state index in [0.29, 0.717) is 12.4 Å². The topological polar surface area (TPSA) is 48.4 Å². The number of rotatable bonds is 4. The molecular formula is C15H15NO3. The highest BCUT2D eigenvalue weighted by Gasteiger charge is 2.06. The number of ether oxygens (including phenoxy) is 2. The third-order valence-corrected chi connectivity index (χ3v) is 2.68. The second-order valence-corrected chi connectivity index (χ2v) is 3.84. The van der Waals surface area contributed by atoms with Crippen molar-refractivity contribution in [2.45, 2.75) is 6.92 Å². The SMILES string of the molecule is CCOC(=O)/C=C/c1c(OC)ccc2ncccc12.